The van der Waals surface area contributed by atoms with Crippen LogP contribution >= 0.6 is 0 Å². The number of aromatic nitrogens is 8. The summed E-state index contributed by atoms with van der Waals surface area (Å²) in [4.78, 5) is 32.8. The summed E-state index contributed by atoms with van der Waals surface area (Å²) in [5.74, 6) is 1.42. The lowest BCUT2D eigenvalue weighted by Gasteiger charge is -2.28. The van der Waals surface area contributed by atoms with Gasteiger partial charge >= 0.3 is 6.09 Å². The van der Waals surface area contributed by atoms with Crippen molar-refractivity contribution >= 4 is 41.2 Å². The summed E-state index contributed by atoms with van der Waals surface area (Å²) in [7, 11) is 0. The van der Waals surface area contributed by atoms with Gasteiger partial charge in [-0.1, -0.05) is 98.1 Å². The molecule has 0 atom stereocenters. The number of hydrogen-bond donors (Lipinski definition) is 1. The molecule has 284 valence electrons. The van der Waals surface area contributed by atoms with Crippen molar-refractivity contribution in [1.29, 1.82) is 0 Å². The zero-order chi connectivity index (χ0) is 39.8. The average Bonchev–Trinajstić information content (AvgIpc) is 3.87. The molecule has 57 heavy (non-hydrogen) atoms. The number of rotatable bonds is 10. The number of nitrogens with one attached hydrogen (secondary N) is 1. The zero-order valence-electron chi connectivity index (χ0n) is 32.0. The second-order valence-electron chi connectivity index (χ2n) is 14.0. The van der Waals surface area contributed by atoms with Crippen molar-refractivity contribution in [2.24, 2.45) is 0 Å². The number of amides is 1. The van der Waals surface area contributed by atoms with Crippen LogP contribution in [0, 0.1) is 0 Å². The molecule has 12 heteroatoms. The van der Waals surface area contributed by atoms with Gasteiger partial charge < -0.3 is 10.1 Å². The Morgan fingerprint density at radius 3 is 1.81 bits per heavy atom. The van der Waals surface area contributed by atoms with Crippen molar-refractivity contribution in [2.75, 3.05) is 10.2 Å². The average molecular weight is 755 g/mol. The Morgan fingerprint density at radius 2 is 1.26 bits per heavy atom. The molecule has 1 amide bonds. The summed E-state index contributed by atoms with van der Waals surface area (Å²) in [6.07, 6.45) is 13.5. The lowest BCUT2D eigenvalue weighted by atomic mass is 10.1. The minimum atomic E-state index is -0.658. The number of anilines is 2. The third kappa shape index (κ3) is 8.92. The van der Waals surface area contributed by atoms with Crippen molar-refractivity contribution < 1.29 is 9.53 Å². The van der Waals surface area contributed by atoms with Gasteiger partial charge in [0.2, 0.25) is 0 Å². The topological polar surface area (TPSA) is 128 Å². The Balaban J connectivity index is 0.000000179. The second kappa shape index (κ2) is 16.9. The van der Waals surface area contributed by atoms with Crippen molar-refractivity contribution in [3.63, 3.8) is 0 Å². The summed E-state index contributed by atoms with van der Waals surface area (Å²) in [6.45, 7) is 14.2. The summed E-state index contributed by atoms with van der Waals surface area (Å²) >= 11 is 0. The number of benzene rings is 2. The number of fused-ring (bicyclic) bond motifs is 2. The fraction of sp³-hybridized carbons (Fsp3) is 0.133. The number of pyridine rings is 2. The number of hydrogen-bond acceptors (Lipinski definition) is 9. The van der Waals surface area contributed by atoms with Crippen LogP contribution in [0.4, 0.5) is 16.4 Å². The number of nitrogens with zero attached hydrogens (tertiary/aromatic N) is 9. The van der Waals surface area contributed by atoms with Crippen LogP contribution in [0.25, 0.3) is 46.0 Å². The first-order chi connectivity index (χ1) is 27.7. The lowest BCUT2D eigenvalue weighted by molar-refractivity contribution is 0.0575. The predicted octanol–water partition coefficient (Wildman–Crippen LogP) is 9.42. The summed E-state index contributed by atoms with van der Waals surface area (Å²) in [5, 5.41) is 12.4. The van der Waals surface area contributed by atoms with E-state index in [0.717, 1.165) is 56.2 Å². The summed E-state index contributed by atoms with van der Waals surface area (Å²) < 4.78 is 9.19. The van der Waals surface area contributed by atoms with Gasteiger partial charge in [-0.3, -0.25) is 14.9 Å². The first-order valence-corrected chi connectivity index (χ1v) is 18.4. The van der Waals surface area contributed by atoms with E-state index in [9.17, 15) is 4.79 Å². The molecule has 12 nitrogen and oxygen atoms in total. The van der Waals surface area contributed by atoms with Gasteiger partial charge in [0.05, 0.1) is 30.3 Å². The van der Waals surface area contributed by atoms with Crippen LogP contribution in [0.2, 0.25) is 0 Å². The fourth-order valence-corrected chi connectivity index (χ4v) is 5.99. The maximum absolute atomic E-state index is 13.3. The van der Waals surface area contributed by atoms with Gasteiger partial charge in [0, 0.05) is 65.7 Å². The molecular weight excluding hydrogens is 713 g/mol. The largest absolute Gasteiger partial charge is 0.443 e. The van der Waals surface area contributed by atoms with Crippen molar-refractivity contribution in [1.82, 2.24) is 39.2 Å². The van der Waals surface area contributed by atoms with E-state index in [1.165, 1.54) is 0 Å². The van der Waals surface area contributed by atoms with Crippen LogP contribution in [0.3, 0.4) is 0 Å². The standard InChI is InChI=1S/C25H25N5O2.C20H17N5/c1-5-19-16-27-30-22(14-21(28-23(19)30)20-11-7-6-8-12-20)29(24(31)32-25(2,3)4)17-18-10-9-13-26-15-18;1-2-16-14-23-25-19(22-13-15-7-6-10-21-12-15)11-18(24-20(16)25)17-8-4-3-5-9-17/h5-16H,1,17H2,2-4H3;2-12,14,22H,1,13H2. The smallest absolute Gasteiger partial charge is 0.416 e. The molecule has 6 heterocycles. The van der Waals surface area contributed by atoms with E-state index in [4.69, 9.17) is 14.7 Å². The highest BCUT2D eigenvalue weighted by Crippen LogP contribution is 2.29. The summed E-state index contributed by atoms with van der Waals surface area (Å²) in [5.41, 5.74) is 7.98. The Hall–Kier alpha value is -7.47. The molecule has 6 aromatic heterocycles. The molecular formula is C45H42N10O2. The van der Waals surface area contributed by atoms with Crippen molar-refractivity contribution in [2.45, 2.75) is 39.5 Å². The van der Waals surface area contributed by atoms with Gasteiger partial charge in [0.15, 0.2) is 11.3 Å². The monoisotopic (exact) mass is 754 g/mol. The first-order valence-electron chi connectivity index (χ1n) is 18.4. The third-order valence-corrected chi connectivity index (χ3v) is 8.71. The molecule has 0 unspecified atom stereocenters. The predicted molar refractivity (Wildman–Crippen MR) is 225 cm³/mol. The Morgan fingerprint density at radius 1 is 0.719 bits per heavy atom. The van der Waals surface area contributed by atoms with Crippen molar-refractivity contribution in [3.05, 3.63) is 170 Å². The minimum Gasteiger partial charge on any atom is -0.443 e. The number of ether oxygens (including phenoxy) is 1. The molecule has 2 aromatic carbocycles. The van der Waals surface area contributed by atoms with E-state index in [1.54, 1.807) is 57.1 Å². The van der Waals surface area contributed by atoms with Crippen LogP contribution in [0.5, 0.6) is 0 Å². The molecule has 0 aliphatic carbocycles. The van der Waals surface area contributed by atoms with Crippen LogP contribution in [0.15, 0.2) is 147 Å². The van der Waals surface area contributed by atoms with Crippen LogP contribution in [-0.4, -0.2) is 50.9 Å². The van der Waals surface area contributed by atoms with Gasteiger partial charge in [-0.25, -0.2) is 14.8 Å². The first kappa shape index (κ1) is 37.8. The normalized spacial score (nSPS) is 11.1. The molecule has 0 radical (unpaired) electrons. The highest BCUT2D eigenvalue weighted by atomic mass is 16.6. The maximum Gasteiger partial charge on any atom is 0.416 e. The molecule has 0 saturated carbocycles. The van der Waals surface area contributed by atoms with Crippen molar-refractivity contribution in [3.8, 4) is 22.5 Å². The van der Waals surface area contributed by atoms with Gasteiger partial charge in [-0.05, 0) is 44.0 Å². The van der Waals surface area contributed by atoms with Crippen LogP contribution in [-0.2, 0) is 17.8 Å². The van der Waals surface area contributed by atoms with E-state index in [-0.39, 0.29) is 6.54 Å². The molecule has 8 rings (SSSR count). The maximum atomic E-state index is 13.3. The highest BCUT2D eigenvalue weighted by Gasteiger charge is 2.27. The molecule has 0 bridgehead atoms. The molecule has 8 aromatic rings. The zero-order valence-corrected chi connectivity index (χ0v) is 32.0. The van der Waals surface area contributed by atoms with Gasteiger partial charge in [-0.15, -0.1) is 0 Å². The Labute approximate surface area is 330 Å². The quantitative estimate of drug-likeness (QED) is 0.145. The minimum absolute atomic E-state index is 0.263. The number of carbonyl (C=O) groups excluding carboxylic acids is 1. The summed E-state index contributed by atoms with van der Waals surface area (Å²) in [6, 6.07) is 31.5. The third-order valence-electron chi connectivity index (χ3n) is 8.71. The van der Waals surface area contributed by atoms with E-state index < -0.39 is 11.7 Å². The van der Waals surface area contributed by atoms with Gasteiger partial charge in [0.25, 0.3) is 0 Å². The molecule has 1 N–H and O–H groups in total. The number of carbonyl (C=O) groups is 1. The Kier molecular flexibility index (Phi) is 11.2. The molecule has 0 aliphatic heterocycles. The SMILES string of the molecule is C=Cc1cnn2c(N(Cc3cccnc3)C(=O)OC(C)(C)C)cc(-c3ccccc3)nc12.C=Cc1cnn2c(NCc3cccnc3)cc(-c3ccccc3)nc12. The lowest BCUT2D eigenvalue weighted by Crippen LogP contribution is -2.37. The molecule has 0 aliphatic rings. The highest BCUT2D eigenvalue weighted by molar-refractivity contribution is 5.88. The van der Waals surface area contributed by atoms with Gasteiger partial charge in [0.1, 0.15) is 17.2 Å². The molecule has 0 saturated heterocycles. The van der Waals surface area contributed by atoms with E-state index >= 15 is 0 Å². The van der Waals surface area contributed by atoms with E-state index in [1.807, 2.05) is 124 Å². The fourth-order valence-electron chi connectivity index (χ4n) is 5.99. The van der Waals surface area contributed by atoms with Gasteiger partial charge in [-0.2, -0.15) is 19.2 Å². The van der Waals surface area contributed by atoms with E-state index in [0.29, 0.717) is 18.0 Å². The Bertz CT molecular complexity index is 2620. The second-order valence-corrected chi connectivity index (χ2v) is 14.0. The molecule has 0 fully saturated rings. The molecule has 0 spiro atoms. The van der Waals surface area contributed by atoms with Crippen LogP contribution in [0.1, 0.15) is 43.0 Å². The van der Waals surface area contributed by atoms with E-state index in [2.05, 4.69) is 38.6 Å². The van der Waals surface area contributed by atoms with Crippen LogP contribution < -0.4 is 10.2 Å².